The second-order valence-corrected chi connectivity index (χ2v) is 4.36. The SMILES string of the molecule is CCCNC(=O)CN1CCOC(CC(=O)OC)C1. The molecule has 0 saturated carbocycles. The maximum Gasteiger partial charge on any atom is 0.308 e. The topological polar surface area (TPSA) is 67.9 Å². The Kier molecular flexibility index (Phi) is 6.67. The molecule has 1 saturated heterocycles. The molecule has 6 heteroatoms. The molecule has 1 aliphatic rings. The summed E-state index contributed by atoms with van der Waals surface area (Å²) in [6.45, 7) is 4.94. The lowest BCUT2D eigenvalue weighted by Crippen LogP contribution is -2.47. The summed E-state index contributed by atoms with van der Waals surface area (Å²) in [6, 6.07) is 0. The first kappa shape index (κ1) is 14.9. The van der Waals surface area contributed by atoms with Gasteiger partial charge in [-0.2, -0.15) is 0 Å². The van der Waals surface area contributed by atoms with Crippen molar-refractivity contribution in [1.29, 1.82) is 0 Å². The number of esters is 1. The number of nitrogens with one attached hydrogen (secondary N) is 1. The van der Waals surface area contributed by atoms with E-state index in [9.17, 15) is 9.59 Å². The fourth-order valence-corrected chi connectivity index (χ4v) is 1.84. The highest BCUT2D eigenvalue weighted by molar-refractivity contribution is 5.78. The molecular weight excluding hydrogens is 236 g/mol. The molecule has 1 amide bonds. The van der Waals surface area contributed by atoms with Crippen molar-refractivity contribution >= 4 is 11.9 Å². The fraction of sp³-hybridized carbons (Fsp3) is 0.833. The second kappa shape index (κ2) is 8.05. The monoisotopic (exact) mass is 258 g/mol. The zero-order valence-electron chi connectivity index (χ0n) is 11.1. The van der Waals surface area contributed by atoms with Crippen LogP contribution in [0.25, 0.3) is 0 Å². The molecule has 104 valence electrons. The van der Waals surface area contributed by atoms with Crippen LogP contribution in [0.4, 0.5) is 0 Å². The minimum absolute atomic E-state index is 0.0237. The van der Waals surface area contributed by atoms with Gasteiger partial charge in [0.25, 0.3) is 0 Å². The molecule has 1 aliphatic heterocycles. The van der Waals surface area contributed by atoms with E-state index in [1.807, 2.05) is 11.8 Å². The third kappa shape index (κ3) is 5.46. The van der Waals surface area contributed by atoms with Gasteiger partial charge in [-0.25, -0.2) is 0 Å². The molecule has 0 aliphatic carbocycles. The molecule has 1 heterocycles. The number of nitrogens with zero attached hydrogens (tertiary/aromatic N) is 1. The molecular formula is C12H22N2O4. The average molecular weight is 258 g/mol. The number of ether oxygens (including phenoxy) is 2. The Morgan fingerprint density at radius 2 is 2.28 bits per heavy atom. The number of carbonyl (C=O) groups excluding carboxylic acids is 2. The van der Waals surface area contributed by atoms with Crippen LogP contribution in [-0.2, 0) is 19.1 Å². The van der Waals surface area contributed by atoms with Gasteiger partial charge in [-0.05, 0) is 6.42 Å². The van der Waals surface area contributed by atoms with Crippen LogP contribution >= 0.6 is 0 Å². The van der Waals surface area contributed by atoms with Crippen molar-refractivity contribution in [2.75, 3.05) is 39.9 Å². The Balaban J connectivity index is 2.30. The standard InChI is InChI=1S/C12H22N2O4/c1-3-4-13-11(15)9-14-5-6-18-10(8-14)7-12(16)17-2/h10H,3-9H2,1-2H3,(H,13,15). The normalized spacial score (nSPS) is 20.4. The van der Waals surface area contributed by atoms with E-state index in [-0.39, 0.29) is 24.4 Å². The van der Waals surface area contributed by atoms with Crippen LogP contribution < -0.4 is 5.32 Å². The van der Waals surface area contributed by atoms with E-state index < -0.39 is 0 Å². The van der Waals surface area contributed by atoms with Gasteiger partial charge in [0, 0.05) is 19.6 Å². The van der Waals surface area contributed by atoms with Crippen LogP contribution in [0.2, 0.25) is 0 Å². The lowest BCUT2D eigenvalue weighted by Gasteiger charge is -2.31. The van der Waals surface area contributed by atoms with Gasteiger partial charge < -0.3 is 14.8 Å². The molecule has 1 unspecified atom stereocenters. The third-order valence-electron chi connectivity index (χ3n) is 2.78. The van der Waals surface area contributed by atoms with Crippen LogP contribution in [0.1, 0.15) is 19.8 Å². The van der Waals surface area contributed by atoms with E-state index in [1.165, 1.54) is 7.11 Å². The minimum Gasteiger partial charge on any atom is -0.469 e. The molecule has 1 fully saturated rings. The van der Waals surface area contributed by atoms with Gasteiger partial charge in [0.1, 0.15) is 0 Å². The lowest BCUT2D eigenvalue weighted by atomic mass is 10.2. The molecule has 0 radical (unpaired) electrons. The highest BCUT2D eigenvalue weighted by atomic mass is 16.5. The van der Waals surface area contributed by atoms with Crippen molar-refractivity contribution in [3.63, 3.8) is 0 Å². The van der Waals surface area contributed by atoms with Gasteiger partial charge in [-0.3, -0.25) is 14.5 Å². The Bertz CT molecular complexity index is 283. The largest absolute Gasteiger partial charge is 0.469 e. The highest BCUT2D eigenvalue weighted by Crippen LogP contribution is 2.09. The predicted octanol–water partition coefficient (Wildman–Crippen LogP) is -0.223. The number of methoxy groups -OCH3 is 1. The Hall–Kier alpha value is -1.14. The van der Waals surface area contributed by atoms with Crippen molar-refractivity contribution < 1.29 is 19.1 Å². The maximum absolute atomic E-state index is 11.6. The van der Waals surface area contributed by atoms with E-state index >= 15 is 0 Å². The quantitative estimate of drug-likeness (QED) is 0.667. The molecule has 6 nitrogen and oxygen atoms in total. The average Bonchev–Trinajstić information content (AvgIpc) is 2.36. The van der Waals surface area contributed by atoms with Crippen molar-refractivity contribution in [2.24, 2.45) is 0 Å². The van der Waals surface area contributed by atoms with Gasteiger partial charge >= 0.3 is 5.97 Å². The molecule has 1 rings (SSSR count). The van der Waals surface area contributed by atoms with E-state index in [0.29, 0.717) is 26.2 Å². The number of carbonyl (C=O) groups is 2. The van der Waals surface area contributed by atoms with Crippen LogP contribution in [0.5, 0.6) is 0 Å². The smallest absolute Gasteiger partial charge is 0.308 e. The van der Waals surface area contributed by atoms with Gasteiger partial charge in [0.2, 0.25) is 5.91 Å². The van der Waals surface area contributed by atoms with Gasteiger partial charge in [0.15, 0.2) is 0 Å². The first-order chi connectivity index (χ1) is 8.65. The number of rotatable bonds is 6. The predicted molar refractivity (Wildman–Crippen MR) is 66.1 cm³/mol. The molecule has 0 aromatic heterocycles. The molecule has 0 bridgehead atoms. The Morgan fingerprint density at radius 3 is 2.94 bits per heavy atom. The summed E-state index contributed by atoms with van der Waals surface area (Å²) in [5.41, 5.74) is 0. The first-order valence-electron chi connectivity index (χ1n) is 6.33. The van der Waals surface area contributed by atoms with Crippen molar-refractivity contribution in [1.82, 2.24) is 10.2 Å². The summed E-state index contributed by atoms with van der Waals surface area (Å²) in [4.78, 5) is 24.7. The molecule has 0 aromatic carbocycles. The van der Waals surface area contributed by atoms with Crippen molar-refractivity contribution in [3.05, 3.63) is 0 Å². The van der Waals surface area contributed by atoms with Crippen LogP contribution in [0, 0.1) is 0 Å². The highest BCUT2D eigenvalue weighted by Gasteiger charge is 2.24. The number of hydrogen-bond donors (Lipinski definition) is 1. The van der Waals surface area contributed by atoms with E-state index in [2.05, 4.69) is 10.1 Å². The summed E-state index contributed by atoms with van der Waals surface area (Å²) >= 11 is 0. The first-order valence-corrected chi connectivity index (χ1v) is 6.33. The summed E-state index contributed by atoms with van der Waals surface area (Å²) in [6.07, 6.45) is 0.994. The third-order valence-corrected chi connectivity index (χ3v) is 2.78. The fourth-order valence-electron chi connectivity index (χ4n) is 1.84. The molecule has 1 N–H and O–H groups in total. The molecule has 18 heavy (non-hydrogen) atoms. The van der Waals surface area contributed by atoms with Crippen LogP contribution in [0.15, 0.2) is 0 Å². The lowest BCUT2D eigenvalue weighted by molar-refractivity contribution is -0.145. The zero-order chi connectivity index (χ0) is 13.4. The minimum atomic E-state index is -0.280. The molecule has 0 aromatic rings. The maximum atomic E-state index is 11.6. The van der Waals surface area contributed by atoms with Crippen molar-refractivity contribution in [2.45, 2.75) is 25.9 Å². The van der Waals surface area contributed by atoms with Crippen LogP contribution in [-0.4, -0.2) is 62.8 Å². The Morgan fingerprint density at radius 1 is 1.50 bits per heavy atom. The van der Waals surface area contributed by atoms with E-state index in [4.69, 9.17) is 4.74 Å². The second-order valence-electron chi connectivity index (χ2n) is 4.36. The van der Waals surface area contributed by atoms with E-state index in [0.717, 1.165) is 13.0 Å². The number of amides is 1. The summed E-state index contributed by atoms with van der Waals surface area (Å²) < 4.78 is 10.1. The van der Waals surface area contributed by atoms with Gasteiger partial charge in [0.05, 0.1) is 32.8 Å². The number of hydrogen-bond acceptors (Lipinski definition) is 5. The summed E-state index contributed by atoms with van der Waals surface area (Å²) in [5.74, 6) is -0.257. The van der Waals surface area contributed by atoms with Crippen molar-refractivity contribution in [3.8, 4) is 0 Å². The van der Waals surface area contributed by atoms with Gasteiger partial charge in [-0.15, -0.1) is 0 Å². The van der Waals surface area contributed by atoms with Gasteiger partial charge in [-0.1, -0.05) is 6.92 Å². The number of morpholine rings is 1. The van der Waals surface area contributed by atoms with Crippen LogP contribution in [0.3, 0.4) is 0 Å². The zero-order valence-corrected chi connectivity index (χ0v) is 11.1. The Labute approximate surface area is 108 Å². The molecule has 0 spiro atoms. The summed E-state index contributed by atoms with van der Waals surface area (Å²) in [5, 5.41) is 2.83. The summed E-state index contributed by atoms with van der Waals surface area (Å²) in [7, 11) is 1.36. The molecule has 1 atom stereocenters. The van der Waals surface area contributed by atoms with E-state index in [1.54, 1.807) is 0 Å².